The monoisotopic (exact) mass is 221 g/mol. The standard InChI is InChI=1S/C14H20FN/c1-16-13(9-11-5-4-6-11)10-12-7-2-3-8-14(12)15/h2-3,7-8,11,13,16H,4-6,9-10H2,1H3. The zero-order chi connectivity index (χ0) is 11.4. The summed E-state index contributed by atoms with van der Waals surface area (Å²) < 4.78 is 13.5. The first-order chi connectivity index (χ1) is 7.79. The Hall–Kier alpha value is -0.890. The molecule has 0 heterocycles. The van der Waals surface area contributed by atoms with E-state index < -0.39 is 0 Å². The van der Waals surface area contributed by atoms with Gasteiger partial charge in [0, 0.05) is 6.04 Å². The highest BCUT2D eigenvalue weighted by atomic mass is 19.1. The van der Waals surface area contributed by atoms with Gasteiger partial charge in [-0.05, 0) is 37.4 Å². The average Bonchev–Trinajstić information content (AvgIpc) is 2.24. The van der Waals surface area contributed by atoms with Gasteiger partial charge in [0.15, 0.2) is 0 Å². The summed E-state index contributed by atoms with van der Waals surface area (Å²) in [5, 5.41) is 3.31. The van der Waals surface area contributed by atoms with Crippen molar-refractivity contribution in [1.29, 1.82) is 0 Å². The number of halogens is 1. The Kier molecular flexibility index (Phi) is 3.94. The largest absolute Gasteiger partial charge is 0.317 e. The third kappa shape index (κ3) is 2.82. The topological polar surface area (TPSA) is 12.0 Å². The van der Waals surface area contributed by atoms with Gasteiger partial charge in [0.05, 0.1) is 0 Å². The maximum Gasteiger partial charge on any atom is 0.126 e. The predicted octanol–water partition coefficient (Wildman–Crippen LogP) is 3.15. The van der Waals surface area contributed by atoms with Gasteiger partial charge in [-0.25, -0.2) is 4.39 Å². The zero-order valence-corrected chi connectivity index (χ0v) is 9.88. The second kappa shape index (κ2) is 5.44. The van der Waals surface area contributed by atoms with Crippen LogP contribution in [0.3, 0.4) is 0 Å². The molecule has 1 atom stereocenters. The molecule has 2 heteroatoms. The van der Waals surface area contributed by atoms with Crippen molar-refractivity contribution >= 4 is 0 Å². The Morgan fingerprint density at radius 1 is 1.38 bits per heavy atom. The van der Waals surface area contributed by atoms with E-state index in [0.29, 0.717) is 6.04 Å². The lowest BCUT2D eigenvalue weighted by atomic mass is 9.80. The number of likely N-dealkylation sites (N-methyl/N-ethyl adjacent to an activating group) is 1. The van der Waals surface area contributed by atoms with Crippen molar-refractivity contribution in [2.75, 3.05) is 7.05 Å². The first kappa shape index (κ1) is 11.6. The van der Waals surface area contributed by atoms with Crippen LogP contribution in [0.1, 0.15) is 31.2 Å². The number of nitrogens with one attached hydrogen (secondary N) is 1. The first-order valence-electron chi connectivity index (χ1n) is 6.20. The van der Waals surface area contributed by atoms with Gasteiger partial charge in [-0.15, -0.1) is 0 Å². The van der Waals surface area contributed by atoms with Gasteiger partial charge in [-0.2, -0.15) is 0 Å². The molecule has 1 saturated carbocycles. The van der Waals surface area contributed by atoms with Gasteiger partial charge in [0.25, 0.3) is 0 Å². The molecule has 1 fully saturated rings. The van der Waals surface area contributed by atoms with E-state index in [-0.39, 0.29) is 5.82 Å². The second-order valence-corrected chi connectivity index (χ2v) is 4.81. The van der Waals surface area contributed by atoms with Gasteiger partial charge in [-0.1, -0.05) is 37.5 Å². The molecule has 88 valence electrons. The predicted molar refractivity (Wildman–Crippen MR) is 64.9 cm³/mol. The SMILES string of the molecule is CNC(Cc1ccccc1F)CC1CCC1. The summed E-state index contributed by atoms with van der Waals surface area (Å²) in [5.41, 5.74) is 0.834. The molecule has 2 rings (SSSR count). The Morgan fingerprint density at radius 2 is 2.12 bits per heavy atom. The number of rotatable bonds is 5. The van der Waals surface area contributed by atoms with Gasteiger partial charge in [0.1, 0.15) is 5.82 Å². The molecule has 1 nitrogen and oxygen atoms in total. The lowest BCUT2D eigenvalue weighted by Crippen LogP contribution is -2.32. The molecule has 1 aromatic carbocycles. The lowest BCUT2D eigenvalue weighted by molar-refractivity contribution is 0.263. The summed E-state index contributed by atoms with van der Waals surface area (Å²) in [7, 11) is 1.98. The summed E-state index contributed by atoms with van der Waals surface area (Å²) in [6.07, 6.45) is 6.08. The van der Waals surface area contributed by atoms with Crippen LogP contribution in [0.5, 0.6) is 0 Å². The van der Waals surface area contributed by atoms with Crippen LogP contribution in [0.15, 0.2) is 24.3 Å². The van der Waals surface area contributed by atoms with Crippen LogP contribution in [-0.2, 0) is 6.42 Å². The molecule has 0 bridgehead atoms. The van der Waals surface area contributed by atoms with Crippen LogP contribution < -0.4 is 5.32 Å². The third-order valence-corrected chi connectivity index (χ3v) is 3.67. The van der Waals surface area contributed by atoms with Gasteiger partial charge in [0.2, 0.25) is 0 Å². The van der Waals surface area contributed by atoms with Crippen molar-refractivity contribution in [2.24, 2.45) is 5.92 Å². The molecule has 0 aromatic heterocycles. The van der Waals surface area contributed by atoms with Crippen molar-refractivity contribution in [3.8, 4) is 0 Å². The summed E-state index contributed by atoms with van der Waals surface area (Å²) in [4.78, 5) is 0. The minimum absolute atomic E-state index is 0.0728. The molecule has 1 unspecified atom stereocenters. The fourth-order valence-corrected chi connectivity index (χ4v) is 2.36. The fraction of sp³-hybridized carbons (Fsp3) is 0.571. The van der Waals surface area contributed by atoms with Crippen molar-refractivity contribution in [1.82, 2.24) is 5.32 Å². The molecule has 1 aromatic rings. The highest BCUT2D eigenvalue weighted by Gasteiger charge is 2.21. The van der Waals surface area contributed by atoms with Crippen LogP contribution in [0.2, 0.25) is 0 Å². The van der Waals surface area contributed by atoms with Crippen molar-refractivity contribution in [3.63, 3.8) is 0 Å². The Labute approximate surface area is 97.1 Å². The van der Waals surface area contributed by atoms with Crippen LogP contribution in [0, 0.1) is 11.7 Å². The Morgan fingerprint density at radius 3 is 2.69 bits per heavy atom. The molecule has 16 heavy (non-hydrogen) atoms. The normalized spacial score (nSPS) is 18.1. The number of benzene rings is 1. The molecule has 0 spiro atoms. The minimum atomic E-state index is -0.0728. The van der Waals surface area contributed by atoms with Crippen molar-refractivity contribution in [3.05, 3.63) is 35.6 Å². The second-order valence-electron chi connectivity index (χ2n) is 4.81. The molecule has 1 N–H and O–H groups in total. The number of hydrogen-bond donors (Lipinski definition) is 1. The molecular formula is C14H20FN. The smallest absolute Gasteiger partial charge is 0.126 e. The van der Waals surface area contributed by atoms with E-state index in [1.165, 1.54) is 25.7 Å². The van der Waals surface area contributed by atoms with Crippen LogP contribution in [0.25, 0.3) is 0 Å². The molecule has 0 radical (unpaired) electrons. The van der Waals surface area contributed by atoms with Crippen molar-refractivity contribution in [2.45, 2.75) is 38.1 Å². The van der Waals surface area contributed by atoms with Gasteiger partial charge >= 0.3 is 0 Å². The molecule has 0 aliphatic heterocycles. The summed E-state index contributed by atoms with van der Waals surface area (Å²) >= 11 is 0. The lowest BCUT2D eigenvalue weighted by Gasteiger charge is -2.29. The highest BCUT2D eigenvalue weighted by molar-refractivity contribution is 5.18. The summed E-state index contributed by atoms with van der Waals surface area (Å²) in [5.74, 6) is 0.792. The molecule has 0 amide bonds. The van der Waals surface area contributed by atoms with E-state index in [1.807, 2.05) is 19.2 Å². The van der Waals surface area contributed by atoms with Crippen molar-refractivity contribution < 1.29 is 4.39 Å². The highest BCUT2D eigenvalue weighted by Crippen LogP contribution is 2.31. The summed E-state index contributed by atoms with van der Waals surface area (Å²) in [6.45, 7) is 0. The Balaban J connectivity index is 1.92. The summed E-state index contributed by atoms with van der Waals surface area (Å²) in [6, 6.07) is 7.52. The zero-order valence-electron chi connectivity index (χ0n) is 9.88. The van der Waals surface area contributed by atoms with E-state index >= 15 is 0 Å². The van der Waals surface area contributed by atoms with E-state index in [0.717, 1.165) is 17.9 Å². The maximum atomic E-state index is 13.5. The van der Waals surface area contributed by atoms with Crippen LogP contribution >= 0.6 is 0 Å². The molecular weight excluding hydrogens is 201 g/mol. The van der Waals surface area contributed by atoms with Crippen LogP contribution in [-0.4, -0.2) is 13.1 Å². The third-order valence-electron chi connectivity index (χ3n) is 3.67. The van der Waals surface area contributed by atoms with Gasteiger partial charge < -0.3 is 5.32 Å². The molecule has 1 aliphatic carbocycles. The van der Waals surface area contributed by atoms with Crippen LogP contribution in [0.4, 0.5) is 4.39 Å². The fourth-order valence-electron chi connectivity index (χ4n) is 2.36. The minimum Gasteiger partial charge on any atom is -0.317 e. The maximum absolute atomic E-state index is 13.5. The first-order valence-corrected chi connectivity index (χ1v) is 6.20. The quantitative estimate of drug-likeness (QED) is 0.805. The van der Waals surface area contributed by atoms with Gasteiger partial charge in [-0.3, -0.25) is 0 Å². The van der Waals surface area contributed by atoms with E-state index in [2.05, 4.69) is 5.32 Å². The number of hydrogen-bond acceptors (Lipinski definition) is 1. The molecule has 1 aliphatic rings. The molecule has 0 saturated heterocycles. The average molecular weight is 221 g/mol. The van der Waals surface area contributed by atoms with E-state index in [9.17, 15) is 4.39 Å². The Bertz CT molecular complexity index is 333. The van der Waals surface area contributed by atoms with E-state index in [1.54, 1.807) is 12.1 Å². The van der Waals surface area contributed by atoms with E-state index in [4.69, 9.17) is 0 Å².